The second-order valence-corrected chi connectivity index (χ2v) is 14.2. The minimum Gasteiger partial charge on any atom is -1.00 e. The van der Waals surface area contributed by atoms with E-state index in [0.717, 1.165) is 66.9 Å². The first-order chi connectivity index (χ1) is 23.4. The summed E-state index contributed by atoms with van der Waals surface area (Å²) in [6, 6.07) is 30.0. The SMILES string of the molecule is C=Cc1c[c-]c2c(c1)-c1cc(C=C)ccc1C2.CCc1cc(C(C)(C)C)c[cH-]1.FC(F)(F)c1ccc([C](=[Zr+2])c2ccc(C(F)(F)F)cc2)cc1.[Cl-].[Cl-]. The van der Waals surface area contributed by atoms with Gasteiger partial charge < -0.3 is 24.8 Å². The summed E-state index contributed by atoms with van der Waals surface area (Å²) in [6.07, 6.45) is -2.93. The van der Waals surface area contributed by atoms with Gasteiger partial charge in [0, 0.05) is 0 Å². The number of hydrogen-bond acceptors (Lipinski definition) is 0. The molecule has 0 amide bonds. The van der Waals surface area contributed by atoms with Crippen LogP contribution in [-0.2, 0) is 54.8 Å². The van der Waals surface area contributed by atoms with Crippen molar-refractivity contribution in [3.8, 4) is 11.1 Å². The average molecular weight is 831 g/mol. The van der Waals surface area contributed by atoms with Gasteiger partial charge in [-0.15, -0.1) is 23.8 Å². The molecule has 0 saturated heterocycles. The van der Waals surface area contributed by atoms with Crippen molar-refractivity contribution in [2.45, 2.75) is 58.3 Å². The first kappa shape index (κ1) is 44.8. The zero-order chi connectivity index (χ0) is 36.9. The van der Waals surface area contributed by atoms with E-state index in [1.54, 1.807) is 0 Å². The minimum absolute atomic E-state index is 0. The van der Waals surface area contributed by atoms with Gasteiger partial charge in [-0.05, 0) is 12.0 Å². The number of fused-ring (bicyclic) bond motifs is 3. The van der Waals surface area contributed by atoms with Crippen molar-refractivity contribution < 1.29 is 75.4 Å². The Hall–Kier alpha value is -3.38. The van der Waals surface area contributed by atoms with Gasteiger partial charge in [0.05, 0.1) is 0 Å². The normalized spacial score (nSPS) is 11.6. The van der Waals surface area contributed by atoms with Crippen molar-refractivity contribution in [3.63, 3.8) is 0 Å². The van der Waals surface area contributed by atoms with E-state index in [4.69, 9.17) is 0 Å². The third-order valence-corrected chi connectivity index (χ3v) is 9.83. The van der Waals surface area contributed by atoms with Gasteiger partial charge in [-0.1, -0.05) is 81.5 Å². The Kier molecular flexibility index (Phi) is 16.0. The fourth-order valence-corrected chi connectivity index (χ4v) is 6.18. The summed E-state index contributed by atoms with van der Waals surface area (Å²) in [4.78, 5) is 0. The van der Waals surface area contributed by atoms with Crippen LogP contribution in [0.2, 0.25) is 0 Å². The molecule has 5 aromatic carbocycles. The molecular formula is C43H38Cl2F6Zr-2. The maximum absolute atomic E-state index is 12.5. The van der Waals surface area contributed by atoms with Crippen molar-refractivity contribution in [1.29, 1.82) is 0 Å². The summed E-state index contributed by atoms with van der Waals surface area (Å²) in [5.74, 6) is 0. The molecule has 0 heterocycles. The Morgan fingerprint density at radius 2 is 1.23 bits per heavy atom. The molecule has 0 unspecified atom stereocenters. The second-order valence-electron chi connectivity index (χ2n) is 13.0. The monoisotopic (exact) mass is 828 g/mol. The predicted octanol–water partition coefficient (Wildman–Crippen LogP) is 6.46. The van der Waals surface area contributed by atoms with Crippen molar-refractivity contribution in [2.24, 2.45) is 0 Å². The van der Waals surface area contributed by atoms with Gasteiger partial charge in [0.25, 0.3) is 0 Å². The van der Waals surface area contributed by atoms with E-state index in [2.05, 4.69) is 89.4 Å². The van der Waals surface area contributed by atoms with Crippen molar-refractivity contribution >= 4 is 15.4 Å². The van der Waals surface area contributed by atoms with E-state index in [0.29, 0.717) is 19.7 Å². The van der Waals surface area contributed by atoms with Crippen LogP contribution in [0.25, 0.3) is 23.3 Å². The Morgan fingerprint density at radius 1 is 0.731 bits per heavy atom. The number of aryl methyl sites for hydroxylation is 1. The van der Waals surface area contributed by atoms with Crippen molar-refractivity contribution in [3.05, 3.63) is 172 Å². The van der Waals surface area contributed by atoms with Crippen molar-refractivity contribution in [1.82, 2.24) is 0 Å². The first-order valence-electron chi connectivity index (χ1n) is 16.1. The number of benzene rings is 4. The Balaban J connectivity index is 0.000000279. The molecule has 0 saturated carbocycles. The van der Waals surface area contributed by atoms with Gasteiger partial charge >= 0.3 is 137 Å². The van der Waals surface area contributed by atoms with E-state index < -0.39 is 23.5 Å². The standard InChI is InChI=1S/C17H13.C15H8F6.C11H17.2ClH.Zr/c1-3-12-5-7-14-11-15-8-6-13(4-2)10-17(15)16(14)9-12;16-14(17,18)12-5-1-10(2-6-12)9-11-3-7-13(8-4-11)15(19,20)21;1-5-9-6-7-10(8-9)11(2,3)4;;;/h3-7,9-10H,1-2,11H2;1-8H;6-8H,5H2,1-4H3;2*1H;/q-1;;-1;;;+2/p-2. The largest absolute Gasteiger partial charge is 1.00 e. The van der Waals surface area contributed by atoms with Gasteiger partial charge in [0.1, 0.15) is 0 Å². The Morgan fingerprint density at radius 3 is 1.63 bits per heavy atom. The van der Waals surface area contributed by atoms with Gasteiger partial charge in [-0.25, -0.2) is 6.07 Å². The molecule has 1 aliphatic rings. The summed E-state index contributed by atoms with van der Waals surface area (Å²) in [5.41, 5.74) is 10.4. The third kappa shape index (κ3) is 11.6. The minimum atomic E-state index is -4.41. The molecule has 0 spiro atoms. The molecule has 0 N–H and O–H groups in total. The maximum atomic E-state index is 12.5. The predicted molar refractivity (Wildman–Crippen MR) is 190 cm³/mol. The van der Waals surface area contributed by atoms with Crippen LogP contribution in [0.5, 0.6) is 0 Å². The summed E-state index contributed by atoms with van der Waals surface area (Å²) in [6.45, 7) is 16.6. The van der Waals surface area contributed by atoms with Crippen LogP contribution >= 0.6 is 0 Å². The van der Waals surface area contributed by atoms with E-state index in [1.165, 1.54) is 63.2 Å². The Bertz CT molecular complexity index is 1840. The maximum Gasteiger partial charge on any atom is -1.00 e. The van der Waals surface area contributed by atoms with Crippen LogP contribution in [0.3, 0.4) is 0 Å². The summed E-state index contributed by atoms with van der Waals surface area (Å²) in [5, 5.41) is 0. The summed E-state index contributed by atoms with van der Waals surface area (Å²) < 4.78 is 75.6. The van der Waals surface area contributed by atoms with Crippen LogP contribution in [0.1, 0.15) is 83.3 Å². The molecule has 6 rings (SSSR count). The van der Waals surface area contributed by atoms with Gasteiger partial charge in [-0.3, -0.25) is 0 Å². The summed E-state index contributed by atoms with van der Waals surface area (Å²) >= 11 is 0.898. The van der Waals surface area contributed by atoms with E-state index in [1.807, 2.05) is 18.2 Å². The molecular weight excluding hydrogens is 793 g/mol. The molecule has 0 aromatic heterocycles. The molecule has 0 aliphatic heterocycles. The van der Waals surface area contributed by atoms with Crippen LogP contribution in [0.4, 0.5) is 26.3 Å². The first-order valence-corrected chi connectivity index (χ1v) is 17.3. The fraction of sp³-hybridized carbons (Fsp3) is 0.209. The topological polar surface area (TPSA) is 0 Å². The molecule has 5 aromatic rings. The van der Waals surface area contributed by atoms with E-state index in [-0.39, 0.29) is 24.8 Å². The molecule has 0 nitrogen and oxygen atoms in total. The zero-order valence-electron chi connectivity index (χ0n) is 29.2. The number of alkyl halides is 6. The average Bonchev–Trinajstić information content (AvgIpc) is 3.73. The summed E-state index contributed by atoms with van der Waals surface area (Å²) in [7, 11) is 0. The molecule has 0 atom stereocenters. The molecule has 52 heavy (non-hydrogen) atoms. The fourth-order valence-electron chi connectivity index (χ4n) is 5.36. The zero-order valence-corrected chi connectivity index (χ0v) is 33.2. The number of rotatable bonds is 5. The van der Waals surface area contributed by atoms with E-state index in [9.17, 15) is 26.3 Å². The van der Waals surface area contributed by atoms with Gasteiger partial charge in [0.2, 0.25) is 0 Å². The second kappa shape index (κ2) is 18.6. The smallest absolute Gasteiger partial charge is 1.00 e. The molecule has 0 radical (unpaired) electrons. The number of halogens is 8. The number of hydrogen-bond donors (Lipinski definition) is 0. The molecule has 0 fully saturated rings. The van der Waals surface area contributed by atoms with Gasteiger partial charge in [-0.2, -0.15) is 47.0 Å². The van der Waals surface area contributed by atoms with E-state index >= 15 is 0 Å². The van der Waals surface area contributed by atoms with Crippen LogP contribution in [0, 0.1) is 6.07 Å². The molecule has 9 heteroatoms. The van der Waals surface area contributed by atoms with Crippen LogP contribution in [-0.4, -0.2) is 3.21 Å². The van der Waals surface area contributed by atoms with Crippen LogP contribution in [0.15, 0.2) is 110 Å². The molecule has 1 aliphatic carbocycles. The quantitative estimate of drug-likeness (QED) is 0.139. The third-order valence-electron chi connectivity index (χ3n) is 8.41. The van der Waals surface area contributed by atoms with Crippen LogP contribution < -0.4 is 24.8 Å². The van der Waals surface area contributed by atoms with Gasteiger partial charge in [0.15, 0.2) is 0 Å². The molecule has 0 bridgehead atoms. The molecule has 272 valence electrons. The Labute approximate surface area is 330 Å². The van der Waals surface area contributed by atoms with Crippen molar-refractivity contribution in [2.75, 3.05) is 0 Å².